The van der Waals surface area contributed by atoms with E-state index >= 15 is 0 Å². The number of hydrogen-bond donors (Lipinski definition) is 1. The standard InChI is InChI=1S/C7H13BrO/c1-7(9)5-3-2-4-6(7)8/h6,9H,2-5H2,1H3. The van der Waals surface area contributed by atoms with E-state index in [0.717, 1.165) is 12.8 Å². The van der Waals surface area contributed by atoms with Crippen molar-refractivity contribution in [3.05, 3.63) is 0 Å². The highest BCUT2D eigenvalue weighted by molar-refractivity contribution is 9.09. The first-order chi connectivity index (χ1) is 4.13. The lowest BCUT2D eigenvalue weighted by Crippen LogP contribution is -2.37. The van der Waals surface area contributed by atoms with Crippen molar-refractivity contribution in [2.45, 2.75) is 43.0 Å². The van der Waals surface area contributed by atoms with E-state index in [-0.39, 0.29) is 0 Å². The van der Waals surface area contributed by atoms with Crippen LogP contribution in [0.25, 0.3) is 0 Å². The van der Waals surface area contributed by atoms with Crippen molar-refractivity contribution in [1.29, 1.82) is 0 Å². The van der Waals surface area contributed by atoms with Crippen molar-refractivity contribution in [2.24, 2.45) is 0 Å². The van der Waals surface area contributed by atoms with Crippen molar-refractivity contribution >= 4 is 15.9 Å². The molecule has 1 nitrogen and oxygen atoms in total. The van der Waals surface area contributed by atoms with Gasteiger partial charge in [0.05, 0.1) is 5.60 Å². The lowest BCUT2D eigenvalue weighted by molar-refractivity contribution is 0.0312. The molecule has 54 valence electrons. The SMILES string of the molecule is CC1(O)CCCCC1Br. The minimum absolute atomic E-state index is 0.318. The first-order valence-electron chi connectivity index (χ1n) is 3.49. The van der Waals surface area contributed by atoms with Crippen LogP contribution in [0.5, 0.6) is 0 Å². The molecule has 0 spiro atoms. The molecule has 0 aromatic rings. The molecule has 1 rings (SSSR count). The van der Waals surface area contributed by atoms with Crippen LogP contribution >= 0.6 is 15.9 Å². The Hall–Kier alpha value is 0.440. The normalized spacial score (nSPS) is 45.0. The summed E-state index contributed by atoms with van der Waals surface area (Å²) in [5.41, 5.74) is -0.446. The summed E-state index contributed by atoms with van der Waals surface area (Å²) in [5.74, 6) is 0. The molecule has 0 bridgehead atoms. The Balaban J connectivity index is 2.49. The molecule has 1 aliphatic rings. The number of halogens is 1. The average Bonchev–Trinajstić information content (AvgIpc) is 1.77. The molecule has 0 radical (unpaired) electrons. The lowest BCUT2D eigenvalue weighted by atomic mass is 9.87. The summed E-state index contributed by atoms with van der Waals surface area (Å²) in [6, 6.07) is 0. The van der Waals surface area contributed by atoms with E-state index in [1.807, 2.05) is 6.92 Å². The zero-order chi connectivity index (χ0) is 6.91. The van der Waals surface area contributed by atoms with E-state index in [1.165, 1.54) is 12.8 Å². The van der Waals surface area contributed by atoms with Gasteiger partial charge in [-0.3, -0.25) is 0 Å². The van der Waals surface area contributed by atoms with Crippen LogP contribution in [0.4, 0.5) is 0 Å². The Kier molecular flexibility index (Phi) is 2.17. The fraction of sp³-hybridized carbons (Fsp3) is 1.00. The van der Waals surface area contributed by atoms with E-state index in [2.05, 4.69) is 15.9 Å². The number of alkyl halides is 1. The van der Waals surface area contributed by atoms with Gasteiger partial charge in [-0.15, -0.1) is 0 Å². The molecule has 0 aliphatic heterocycles. The molecular formula is C7H13BrO. The van der Waals surface area contributed by atoms with Gasteiger partial charge < -0.3 is 5.11 Å². The van der Waals surface area contributed by atoms with Gasteiger partial charge in [0.25, 0.3) is 0 Å². The molecule has 2 atom stereocenters. The van der Waals surface area contributed by atoms with Crippen molar-refractivity contribution in [3.63, 3.8) is 0 Å². The molecule has 1 N–H and O–H groups in total. The molecule has 1 saturated carbocycles. The summed E-state index contributed by atoms with van der Waals surface area (Å²) < 4.78 is 0. The topological polar surface area (TPSA) is 20.2 Å². The Morgan fingerprint density at radius 2 is 2.22 bits per heavy atom. The second-order valence-corrected chi connectivity index (χ2v) is 4.18. The van der Waals surface area contributed by atoms with Crippen molar-refractivity contribution < 1.29 is 5.11 Å². The van der Waals surface area contributed by atoms with Crippen molar-refractivity contribution in [3.8, 4) is 0 Å². The van der Waals surface area contributed by atoms with Crippen LogP contribution in [-0.4, -0.2) is 15.5 Å². The third-order valence-corrected chi connectivity index (χ3v) is 3.51. The van der Waals surface area contributed by atoms with Crippen LogP contribution in [0.15, 0.2) is 0 Å². The molecule has 9 heavy (non-hydrogen) atoms. The van der Waals surface area contributed by atoms with Gasteiger partial charge in [-0.2, -0.15) is 0 Å². The zero-order valence-corrected chi connectivity index (χ0v) is 7.32. The number of aliphatic hydroxyl groups is 1. The summed E-state index contributed by atoms with van der Waals surface area (Å²) in [4.78, 5) is 0.318. The predicted octanol–water partition coefficient (Wildman–Crippen LogP) is 2.07. The van der Waals surface area contributed by atoms with Gasteiger partial charge in [-0.05, 0) is 19.8 Å². The summed E-state index contributed by atoms with van der Waals surface area (Å²) in [6.07, 6.45) is 4.50. The average molecular weight is 193 g/mol. The number of hydrogen-bond acceptors (Lipinski definition) is 1. The van der Waals surface area contributed by atoms with E-state index in [9.17, 15) is 5.11 Å². The quantitative estimate of drug-likeness (QED) is 0.584. The molecule has 0 heterocycles. The minimum atomic E-state index is -0.446. The Bertz CT molecular complexity index is 101. The highest BCUT2D eigenvalue weighted by atomic mass is 79.9. The second-order valence-electron chi connectivity index (χ2n) is 3.07. The summed E-state index contributed by atoms with van der Waals surface area (Å²) in [6.45, 7) is 1.91. The largest absolute Gasteiger partial charge is 0.389 e. The lowest BCUT2D eigenvalue weighted by Gasteiger charge is -2.33. The van der Waals surface area contributed by atoms with Crippen LogP contribution in [-0.2, 0) is 0 Å². The molecule has 2 unspecified atom stereocenters. The Morgan fingerprint density at radius 1 is 1.56 bits per heavy atom. The van der Waals surface area contributed by atoms with E-state index in [4.69, 9.17) is 0 Å². The van der Waals surface area contributed by atoms with Gasteiger partial charge in [-0.25, -0.2) is 0 Å². The maximum Gasteiger partial charge on any atom is 0.0744 e. The minimum Gasteiger partial charge on any atom is -0.389 e. The number of rotatable bonds is 0. The fourth-order valence-electron chi connectivity index (χ4n) is 1.27. The highest BCUT2D eigenvalue weighted by Crippen LogP contribution is 2.32. The summed E-state index contributed by atoms with van der Waals surface area (Å²) in [7, 11) is 0. The smallest absolute Gasteiger partial charge is 0.0744 e. The van der Waals surface area contributed by atoms with Gasteiger partial charge >= 0.3 is 0 Å². The van der Waals surface area contributed by atoms with Crippen LogP contribution in [0, 0.1) is 0 Å². The highest BCUT2D eigenvalue weighted by Gasteiger charge is 2.31. The van der Waals surface area contributed by atoms with E-state index in [0.29, 0.717) is 4.83 Å². The van der Waals surface area contributed by atoms with Crippen LogP contribution in [0.3, 0.4) is 0 Å². The van der Waals surface area contributed by atoms with E-state index in [1.54, 1.807) is 0 Å². The Labute approximate surface area is 64.6 Å². The van der Waals surface area contributed by atoms with Crippen LogP contribution < -0.4 is 0 Å². The maximum atomic E-state index is 9.60. The van der Waals surface area contributed by atoms with Crippen molar-refractivity contribution in [1.82, 2.24) is 0 Å². The van der Waals surface area contributed by atoms with Gasteiger partial charge in [0.1, 0.15) is 0 Å². The zero-order valence-electron chi connectivity index (χ0n) is 5.73. The molecule has 0 amide bonds. The summed E-state index contributed by atoms with van der Waals surface area (Å²) >= 11 is 3.46. The molecular weight excluding hydrogens is 180 g/mol. The monoisotopic (exact) mass is 192 g/mol. The van der Waals surface area contributed by atoms with E-state index < -0.39 is 5.60 Å². The fourth-order valence-corrected chi connectivity index (χ4v) is 1.83. The van der Waals surface area contributed by atoms with Crippen molar-refractivity contribution in [2.75, 3.05) is 0 Å². The van der Waals surface area contributed by atoms with Gasteiger partial charge in [0.15, 0.2) is 0 Å². The first kappa shape index (κ1) is 7.55. The second kappa shape index (κ2) is 2.59. The van der Waals surface area contributed by atoms with Gasteiger partial charge in [0, 0.05) is 4.83 Å². The third kappa shape index (κ3) is 1.68. The third-order valence-electron chi connectivity index (χ3n) is 2.07. The Morgan fingerprint density at radius 3 is 2.56 bits per heavy atom. The first-order valence-corrected chi connectivity index (χ1v) is 4.41. The summed E-state index contributed by atoms with van der Waals surface area (Å²) in [5, 5.41) is 9.60. The van der Waals surface area contributed by atoms with Crippen LogP contribution in [0.1, 0.15) is 32.6 Å². The molecule has 0 aromatic heterocycles. The van der Waals surface area contributed by atoms with Gasteiger partial charge in [0.2, 0.25) is 0 Å². The molecule has 1 fully saturated rings. The molecule has 0 saturated heterocycles. The maximum absolute atomic E-state index is 9.60. The van der Waals surface area contributed by atoms with Crippen LogP contribution in [0.2, 0.25) is 0 Å². The van der Waals surface area contributed by atoms with Gasteiger partial charge in [-0.1, -0.05) is 28.8 Å². The predicted molar refractivity (Wildman–Crippen MR) is 41.8 cm³/mol. The molecule has 0 aromatic carbocycles. The molecule has 2 heteroatoms. The molecule has 1 aliphatic carbocycles.